The topological polar surface area (TPSA) is 41.1 Å². The van der Waals surface area contributed by atoms with Gasteiger partial charge in [-0.1, -0.05) is 41.4 Å². The van der Waals surface area contributed by atoms with Gasteiger partial charge in [-0.05, 0) is 42.3 Å². The third-order valence-corrected chi connectivity index (χ3v) is 5.37. The lowest BCUT2D eigenvalue weighted by Gasteiger charge is -2.22. The first-order valence-corrected chi connectivity index (χ1v) is 8.93. The highest BCUT2D eigenvalue weighted by Crippen LogP contribution is 2.33. The molecule has 1 amide bonds. The third-order valence-electron chi connectivity index (χ3n) is 4.63. The molecule has 3 rings (SSSR count). The number of amides is 1. The summed E-state index contributed by atoms with van der Waals surface area (Å²) in [7, 11) is 0. The third kappa shape index (κ3) is 4.14. The summed E-state index contributed by atoms with van der Waals surface area (Å²) < 4.78 is 13.4. The number of halogens is 3. The molecule has 1 saturated heterocycles. The molecule has 132 valence electrons. The average molecular weight is 381 g/mol. The molecule has 3 atom stereocenters. The largest absolute Gasteiger partial charge is 0.349 e. The lowest BCUT2D eigenvalue weighted by molar-refractivity contribution is -0.125. The van der Waals surface area contributed by atoms with Gasteiger partial charge in [-0.2, -0.15) is 0 Å². The van der Waals surface area contributed by atoms with Gasteiger partial charge in [-0.15, -0.1) is 0 Å². The molecule has 0 aromatic heterocycles. The van der Waals surface area contributed by atoms with Crippen molar-refractivity contribution in [2.24, 2.45) is 5.92 Å². The van der Waals surface area contributed by atoms with E-state index in [-0.39, 0.29) is 29.6 Å². The van der Waals surface area contributed by atoms with Gasteiger partial charge in [-0.3, -0.25) is 4.79 Å². The Balaban J connectivity index is 1.73. The summed E-state index contributed by atoms with van der Waals surface area (Å²) in [6.07, 6.45) is 0. The molecule has 3 unspecified atom stereocenters. The normalized spacial score (nSPS) is 21.1. The summed E-state index contributed by atoms with van der Waals surface area (Å²) in [6, 6.07) is 11.5. The van der Waals surface area contributed by atoms with Gasteiger partial charge < -0.3 is 10.6 Å². The fourth-order valence-corrected chi connectivity index (χ4v) is 3.53. The molecule has 25 heavy (non-hydrogen) atoms. The van der Waals surface area contributed by atoms with Crippen molar-refractivity contribution < 1.29 is 9.18 Å². The molecule has 1 heterocycles. The van der Waals surface area contributed by atoms with E-state index in [2.05, 4.69) is 10.6 Å². The summed E-state index contributed by atoms with van der Waals surface area (Å²) >= 11 is 12.1. The standard InChI is InChI=1S/C19H19Cl2FN2O/c1-11(12-3-2-4-14(22)7-12)24-19(25)16-10-23-9-15(16)13-5-6-17(20)18(21)8-13/h2-8,11,15-16,23H,9-10H2,1H3,(H,24,25). The predicted molar refractivity (Wildman–Crippen MR) is 98.5 cm³/mol. The van der Waals surface area contributed by atoms with Crippen molar-refractivity contribution >= 4 is 29.1 Å². The van der Waals surface area contributed by atoms with Crippen LogP contribution in [0.2, 0.25) is 10.0 Å². The Hall–Kier alpha value is -1.62. The summed E-state index contributed by atoms with van der Waals surface area (Å²) in [6.45, 7) is 3.14. The molecule has 0 spiro atoms. The van der Waals surface area contributed by atoms with Gasteiger partial charge in [0.1, 0.15) is 5.82 Å². The van der Waals surface area contributed by atoms with Crippen molar-refractivity contribution in [2.45, 2.75) is 18.9 Å². The Bertz CT molecular complexity index is 784. The van der Waals surface area contributed by atoms with Crippen LogP contribution in [0.15, 0.2) is 42.5 Å². The highest BCUT2D eigenvalue weighted by molar-refractivity contribution is 6.42. The zero-order valence-corrected chi connectivity index (χ0v) is 15.2. The number of rotatable bonds is 4. The van der Waals surface area contributed by atoms with Crippen molar-refractivity contribution in [3.05, 3.63) is 69.5 Å². The molecule has 0 radical (unpaired) electrons. The Morgan fingerprint density at radius 1 is 1.20 bits per heavy atom. The second-order valence-electron chi connectivity index (χ2n) is 6.33. The van der Waals surface area contributed by atoms with Gasteiger partial charge in [0.2, 0.25) is 5.91 Å². The molecular weight excluding hydrogens is 362 g/mol. The summed E-state index contributed by atoms with van der Waals surface area (Å²) in [5.74, 6) is -0.560. The molecule has 3 nitrogen and oxygen atoms in total. The molecular formula is C19H19Cl2FN2O. The lowest BCUT2D eigenvalue weighted by atomic mass is 9.88. The molecule has 0 bridgehead atoms. The van der Waals surface area contributed by atoms with E-state index in [4.69, 9.17) is 23.2 Å². The van der Waals surface area contributed by atoms with E-state index in [1.807, 2.05) is 19.1 Å². The first kappa shape index (κ1) is 18.2. The van der Waals surface area contributed by atoms with E-state index in [1.165, 1.54) is 12.1 Å². The summed E-state index contributed by atoms with van der Waals surface area (Å²) in [4.78, 5) is 12.7. The molecule has 1 aliphatic rings. The molecule has 6 heteroatoms. The second kappa shape index (κ2) is 7.73. The maximum absolute atomic E-state index is 13.4. The van der Waals surface area contributed by atoms with Gasteiger partial charge in [0, 0.05) is 19.0 Å². The lowest BCUT2D eigenvalue weighted by Crippen LogP contribution is -2.36. The molecule has 1 fully saturated rings. The SMILES string of the molecule is CC(NC(=O)C1CNCC1c1ccc(Cl)c(Cl)c1)c1cccc(F)c1. The van der Waals surface area contributed by atoms with Crippen LogP contribution in [0.25, 0.3) is 0 Å². The van der Waals surface area contributed by atoms with Crippen LogP contribution in [-0.4, -0.2) is 19.0 Å². The van der Waals surface area contributed by atoms with Crippen LogP contribution in [0.4, 0.5) is 4.39 Å². The van der Waals surface area contributed by atoms with Crippen molar-refractivity contribution in [1.29, 1.82) is 0 Å². The van der Waals surface area contributed by atoms with E-state index < -0.39 is 0 Å². The monoisotopic (exact) mass is 380 g/mol. The van der Waals surface area contributed by atoms with Crippen LogP contribution >= 0.6 is 23.2 Å². The van der Waals surface area contributed by atoms with Crippen LogP contribution in [-0.2, 0) is 4.79 Å². The number of nitrogens with one attached hydrogen (secondary N) is 2. The molecule has 0 aliphatic carbocycles. The van der Waals surface area contributed by atoms with Crippen LogP contribution in [0, 0.1) is 11.7 Å². The van der Waals surface area contributed by atoms with E-state index in [9.17, 15) is 9.18 Å². The second-order valence-corrected chi connectivity index (χ2v) is 7.14. The predicted octanol–water partition coefficient (Wildman–Crippen LogP) is 4.31. The van der Waals surface area contributed by atoms with Crippen molar-refractivity contribution in [3.8, 4) is 0 Å². The number of carbonyl (C=O) groups is 1. The first-order chi connectivity index (χ1) is 12.0. The van der Waals surface area contributed by atoms with Crippen LogP contribution < -0.4 is 10.6 Å². The minimum atomic E-state index is -0.310. The first-order valence-electron chi connectivity index (χ1n) is 8.17. The summed E-state index contributed by atoms with van der Waals surface area (Å²) in [5, 5.41) is 7.23. The maximum atomic E-state index is 13.4. The highest BCUT2D eigenvalue weighted by atomic mass is 35.5. The fourth-order valence-electron chi connectivity index (χ4n) is 3.23. The van der Waals surface area contributed by atoms with Crippen molar-refractivity contribution in [1.82, 2.24) is 10.6 Å². The minimum absolute atomic E-state index is 0.0227. The highest BCUT2D eigenvalue weighted by Gasteiger charge is 2.34. The zero-order chi connectivity index (χ0) is 18.0. The van der Waals surface area contributed by atoms with Crippen molar-refractivity contribution in [3.63, 3.8) is 0 Å². The van der Waals surface area contributed by atoms with E-state index in [0.717, 1.165) is 11.1 Å². The van der Waals surface area contributed by atoms with Gasteiger partial charge >= 0.3 is 0 Å². The molecule has 2 N–H and O–H groups in total. The smallest absolute Gasteiger partial charge is 0.225 e. The van der Waals surface area contributed by atoms with Gasteiger partial charge in [0.25, 0.3) is 0 Å². The molecule has 2 aromatic rings. The molecule has 0 saturated carbocycles. The van der Waals surface area contributed by atoms with E-state index in [1.54, 1.807) is 18.2 Å². The van der Waals surface area contributed by atoms with Crippen molar-refractivity contribution in [2.75, 3.05) is 13.1 Å². The minimum Gasteiger partial charge on any atom is -0.349 e. The number of hydrogen-bond donors (Lipinski definition) is 2. The Morgan fingerprint density at radius 2 is 2.00 bits per heavy atom. The van der Waals surface area contributed by atoms with Crippen LogP contribution in [0.5, 0.6) is 0 Å². The maximum Gasteiger partial charge on any atom is 0.225 e. The summed E-state index contributed by atoms with van der Waals surface area (Å²) in [5.41, 5.74) is 1.73. The quantitative estimate of drug-likeness (QED) is 0.829. The average Bonchev–Trinajstić information content (AvgIpc) is 3.07. The Labute approximate surface area is 156 Å². The van der Waals surface area contributed by atoms with Gasteiger partial charge in [-0.25, -0.2) is 4.39 Å². The fraction of sp³-hybridized carbons (Fsp3) is 0.316. The number of hydrogen-bond acceptors (Lipinski definition) is 2. The molecule has 1 aliphatic heterocycles. The number of benzene rings is 2. The van der Waals surface area contributed by atoms with Gasteiger partial charge in [0.05, 0.1) is 22.0 Å². The van der Waals surface area contributed by atoms with Crippen LogP contribution in [0.1, 0.15) is 30.0 Å². The van der Waals surface area contributed by atoms with Gasteiger partial charge in [0.15, 0.2) is 0 Å². The zero-order valence-electron chi connectivity index (χ0n) is 13.7. The van der Waals surface area contributed by atoms with E-state index in [0.29, 0.717) is 23.1 Å². The molecule has 2 aromatic carbocycles. The Kier molecular flexibility index (Phi) is 5.62. The Morgan fingerprint density at radius 3 is 2.72 bits per heavy atom. The van der Waals surface area contributed by atoms with E-state index >= 15 is 0 Å². The van der Waals surface area contributed by atoms with Crippen LogP contribution in [0.3, 0.4) is 0 Å². The number of carbonyl (C=O) groups excluding carboxylic acids is 1.